The maximum absolute atomic E-state index is 13.5. The molecule has 0 fully saturated rings. The standard InChI is InChI=1S/C36H29NO9/c1-3-43-28-18-21(14-17-27(28)44-19-29(38)37-22-15-12-20(2)13-16-22)30(31-33(39)23-8-4-6-10-25(23)45-35(31)41)32-34(40)24-9-5-7-11-26(24)46-36(32)42/h4-18,30,39-40H,3,19H2,1-2H3,(H,37,38). The van der Waals surface area contributed by atoms with Gasteiger partial charge in [0.2, 0.25) is 0 Å². The molecule has 2 heterocycles. The summed E-state index contributed by atoms with van der Waals surface area (Å²) in [5.41, 5.74) is -0.177. The highest BCUT2D eigenvalue weighted by atomic mass is 16.5. The van der Waals surface area contributed by atoms with Gasteiger partial charge in [-0.1, -0.05) is 48.0 Å². The van der Waals surface area contributed by atoms with Crippen LogP contribution in [0.2, 0.25) is 0 Å². The quantitative estimate of drug-likeness (QED) is 0.161. The maximum atomic E-state index is 13.5. The van der Waals surface area contributed by atoms with Crippen molar-refractivity contribution in [3.8, 4) is 23.0 Å². The minimum atomic E-state index is -1.36. The van der Waals surface area contributed by atoms with E-state index < -0.39 is 34.6 Å². The van der Waals surface area contributed by atoms with Crippen LogP contribution in [0.4, 0.5) is 5.69 Å². The van der Waals surface area contributed by atoms with E-state index >= 15 is 0 Å². The Morgan fingerprint density at radius 2 is 1.33 bits per heavy atom. The molecule has 0 atom stereocenters. The van der Waals surface area contributed by atoms with E-state index in [9.17, 15) is 24.6 Å². The highest BCUT2D eigenvalue weighted by molar-refractivity contribution is 5.92. The van der Waals surface area contributed by atoms with Crippen molar-refractivity contribution in [3.63, 3.8) is 0 Å². The van der Waals surface area contributed by atoms with Crippen LogP contribution in [-0.4, -0.2) is 29.3 Å². The largest absolute Gasteiger partial charge is 0.507 e. The lowest BCUT2D eigenvalue weighted by atomic mass is 9.84. The van der Waals surface area contributed by atoms with Crippen LogP contribution in [-0.2, 0) is 4.79 Å². The zero-order chi connectivity index (χ0) is 32.4. The molecule has 0 unspecified atom stereocenters. The Labute approximate surface area is 262 Å². The van der Waals surface area contributed by atoms with Gasteiger partial charge in [0.15, 0.2) is 18.1 Å². The van der Waals surface area contributed by atoms with Gasteiger partial charge >= 0.3 is 11.3 Å². The van der Waals surface area contributed by atoms with Crippen LogP contribution in [0, 0.1) is 6.92 Å². The highest BCUT2D eigenvalue weighted by Gasteiger charge is 2.33. The summed E-state index contributed by atoms with van der Waals surface area (Å²) in [6.45, 7) is 3.58. The number of carbonyl (C=O) groups excluding carboxylic acids is 1. The second-order valence-electron chi connectivity index (χ2n) is 10.6. The Hall–Kier alpha value is -6.03. The summed E-state index contributed by atoms with van der Waals surface area (Å²) in [5.74, 6) is -2.19. The number of nitrogens with one attached hydrogen (secondary N) is 1. The Morgan fingerprint density at radius 3 is 1.89 bits per heavy atom. The predicted octanol–water partition coefficient (Wildman–Crippen LogP) is 6.22. The molecule has 10 nitrogen and oxygen atoms in total. The lowest BCUT2D eigenvalue weighted by molar-refractivity contribution is -0.118. The Bertz CT molecular complexity index is 2100. The lowest BCUT2D eigenvalue weighted by Gasteiger charge is -2.21. The zero-order valence-corrected chi connectivity index (χ0v) is 24.9. The number of benzene rings is 4. The summed E-state index contributed by atoms with van der Waals surface area (Å²) in [7, 11) is 0. The summed E-state index contributed by atoms with van der Waals surface area (Å²) >= 11 is 0. The maximum Gasteiger partial charge on any atom is 0.344 e. The summed E-state index contributed by atoms with van der Waals surface area (Å²) in [5, 5.41) is 26.1. The van der Waals surface area contributed by atoms with Crippen molar-refractivity contribution < 1.29 is 33.3 Å². The number of aryl methyl sites for hydroxylation is 1. The lowest BCUT2D eigenvalue weighted by Crippen LogP contribution is -2.22. The second kappa shape index (κ2) is 12.5. The monoisotopic (exact) mass is 619 g/mol. The van der Waals surface area contributed by atoms with E-state index in [1.54, 1.807) is 61.5 Å². The van der Waals surface area contributed by atoms with Gasteiger partial charge in [-0.15, -0.1) is 0 Å². The first-order valence-corrected chi connectivity index (χ1v) is 14.5. The van der Waals surface area contributed by atoms with Gasteiger partial charge in [0.05, 0.1) is 34.4 Å². The van der Waals surface area contributed by atoms with Gasteiger partial charge in [0, 0.05) is 5.69 Å². The number of ether oxygens (including phenoxy) is 2. The molecule has 0 spiro atoms. The van der Waals surface area contributed by atoms with E-state index in [-0.39, 0.29) is 63.3 Å². The first-order chi connectivity index (χ1) is 22.2. The molecule has 232 valence electrons. The normalized spacial score (nSPS) is 11.2. The predicted molar refractivity (Wildman–Crippen MR) is 172 cm³/mol. The summed E-state index contributed by atoms with van der Waals surface area (Å²) in [6, 6.07) is 24.7. The number of hydrogen-bond acceptors (Lipinski definition) is 9. The molecule has 6 rings (SSSR count). The third kappa shape index (κ3) is 5.75. The zero-order valence-electron chi connectivity index (χ0n) is 24.9. The average molecular weight is 620 g/mol. The SMILES string of the molecule is CCOc1cc(C(c2c(O)c3ccccc3oc2=O)c2c(O)c3ccccc3oc2=O)ccc1OCC(=O)Nc1ccc(C)cc1. The third-order valence-electron chi connectivity index (χ3n) is 7.51. The van der Waals surface area contributed by atoms with Crippen LogP contribution < -0.4 is 26.0 Å². The molecule has 46 heavy (non-hydrogen) atoms. The van der Waals surface area contributed by atoms with Crippen molar-refractivity contribution in [1.29, 1.82) is 0 Å². The topological polar surface area (TPSA) is 148 Å². The van der Waals surface area contributed by atoms with Gasteiger partial charge in [-0.05, 0) is 67.9 Å². The van der Waals surface area contributed by atoms with Crippen LogP contribution in [0.5, 0.6) is 23.0 Å². The summed E-state index contributed by atoms with van der Waals surface area (Å²) in [4.78, 5) is 39.6. The molecule has 4 aromatic carbocycles. The molecule has 6 aromatic rings. The molecule has 10 heteroatoms. The number of anilines is 1. The smallest absolute Gasteiger partial charge is 0.344 e. The van der Waals surface area contributed by atoms with E-state index in [0.29, 0.717) is 5.69 Å². The van der Waals surface area contributed by atoms with Crippen LogP contribution in [0.3, 0.4) is 0 Å². The fraction of sp³-hybridized carbons (Fsp3) is 0.139. The molecular formula is C36H29NO9. The molecule has 0 saturated heterocycles. The van der Waals surface area contributed by atoms with Crippen molar-refractivity contribution in [2.45, 2.75) is 19.8 Å². The fourth-order valence-corrected chi connectivity index (χ4v) is 5.35. The number of carbonyl (C=O) groups is 1. The van der Waals surface area contributed by atoms with E-state index in [1.807, 2.05) is 19.1 Å². The van der Waals surface area contributed by atoms with Gasteiger partial charge in [-0.3, -0.25) is 4.79 Å². The van der Waals surface area contributed by atoms with Gasteiger partial charge in [0.25, 0.3) is 5.91 Å². The molecule has 2 aromatic heterocycles. The number of rotatable bonds is 9. The van der Waals surface area contributed by atoms with Gasteiger partial charge in [0.1, 0.15) is 22.7 Å². The molecule has 0 aliphatic heterocycles. The Kier molecular flexibility index (Phi) is 8.17. The van der Waals surface area contributed by atoms with Crippen molar-refractivity contribution in [2.75, 3.05) is 18.5 Å². The number of aromatic hydroxyl groups is 2. The molecule has 3 N–H and O–H groups in total. The van der Waals surface area contributed by atoms with E-state index in [0.717, 1.165) is 5.56 Å². The van der Waals surface area contributed by atoms with Gasteiger partial charge in [-0.2, -0.15) is 0 Å². The van der Waals surface area contributed by atoms with E-state index in [2.05, 4.69) is 5.32 Å². The molecule has 0 radical (unpaired) electrons. The fourth-order valence-electron chi connectivity index (χ4n) is 5.35. The average Bonchev–Trinajstić information content (AvgIpc) is 3.04. The first kappa shape index (κ1) is 30.0. The number of amides is 1. The van der Waals surface area contributed by atoms with Crippen molar-refractivity contribution in [3.05, 3.63) is 134 Å². The third-order valence-corrected chi connectivity index (χ3v) is 7.51. The van der Waals surface area contributed by atoms with Crippen molar-refractivity contribution >= 4 is 33.5 Å². The minimum absolute atomic E-state index is 0.143. The molecule has 0 aliphatic rings. The van der Waals surface area contributed by atoms with Gasteiger partial charge in [-0.25, -0.2) is 9.59 Å². The molecule has 0 bridgehead atoms. The molecule has 1 amide bonds. The first-order valence-electron chi connectivity index (χ1n) is 14.5. The van der Waals surface area contributed by atoms with E-state index in [4.69, 9.17) is 18.3 Å². The van der Waals surface area contributed by atoms with Crippen LogP contribution in [0.1, 0.15) is 35.1 Å². The van der Waals surface area contributed by atoms with Crippen molar-refractivity contribution in [2.24, 2.45) is 0 Å². The Balaban J connectivity index is 1.47. The minimum Gasteiger partial charge on any atom is -0.507 e. The van der Waals surface area contributed by atoms with Crippen LogP contribution >= 0.6 is 0 Å². The number of para-hydroxylation sites is 2. The molecular weight excluding hydrogens is 590 g/mol. The number of fused-ring (bicyclic) bond motifs is 2. The van der Waals surface area contributed by atoms with Gasteiger partial charge < -0.3 is 33.8 Å². The van der Waals surface area contributed by atoms with Crippen LogP contribution in [0.25, 0.3) is 21.9 Å². The molecule has 0 saturated carbocycles. The summed E-state index contributed by atoms with van der Waals surface area (Å²) in [6.07, 6.45) is 0. The van der Waals surface area contributed by atoms with E-state index in [1.165, 1.54) is 24.3 Å². The van der Waals surface area contributed by atoms with Crippen molar-refractivity contribution in [1.82, 2.24) is 0 Å². The molecule has 0 aliphatic carbocycles. The summed E-state index contributed by atoms with van der Waals surface area (Å²) < 4.78 is 22.8. The number of hydrogen-bond donors (Lipinski definition) is 3. The second-order valence-corrected chi connectivity index (χ2v) is 10.6. The van der Waals surface area contributed by atoms with Crippen LogP contribution in [0.15, 0.2) is 109 Å². The Morgan fingerprint density at radius 1 is 0.761 bits per heavy atom. The highest BCUT2D eigenvalue weighted by Crippen LogP contribution is 2.43.